The summed E-state index contributed by atoms with van der Waals surface area (Å²) < 4.78 is 26.1. The maximum atomic E-state index is 12.1. The fraction of sp³-hybridized carbons (Fsp3) is 0.500. The molecule has 0 spiro atoms. The molecule has 1 fully saturated rings. The predicted molar refractivity (Wildman–Crippen MR) is 61.6 cm³/mol. The van der Waals surface area contributed by atoms with Crippen LogP contribution >= 0.6 is 11.3 Å². The van der Waals surface area contributed by atoms with Gasteiger partial charge in [-0.25, -0.2) is 8.42 Å². The molecular formula is C10H12N2O2S2. The first kappa shape index (κ1) is 11.6. The van der Waals surface area contributed by atoms with E-state index in [2.05, 4.69) is 0 Å². The molecule has 0 aliphatic carbocycles. The van der Waals surface area contributed by atoms with E-state index in [9.17, 15) is 8.42 Å². The highest BCUT2D eigenvalue weighted by Gasteiger charge is 2.31. The summed E-state index contributed by atoms with van der Waals surface area (Å²) >= 11 is 1.04. The Kier molecular flexibility index (Phi) is 3.02. The molecule has 1 aromatic heterocycles. The maximum Gasteiger partial charge on any atom is 0.252 e. The van der Waals surface area contributed by atoms with Crippen LogP contribution in [-0.4, -0.2) is 25.8 Å². The SMILES string of the molecule is CC1CCN(S(=O)(=O)c2ccc(C#N)s2)C1. The van der Waals surface area contributed by atoms with Gasteiger partial charge in [0, 0.05) is 13.1 Å². The number of sulfonamides is 1. The van der Waals surface area contributed by atoms with Crippen LogP contribution in [0.15, 0.2) is 16.3 Å². The first-order chi connectivity index (χ1) is 7.54. The highest BCUT2D eigenvalue weighted by Crippen LogP contribution is 2.28. The van der Waals surface area contributed by atoms with Crippen LogP contribution < -0.4 is 0 Å². The van der Waals surface area contributed by atoms with E-state index >= 15 is 0 Å². The van der Waals surface area contributed by atoms with Gasteiger partial charge in [0.1, 0.15) is 15.2 Å². The highest BCUT2D eigenvalue weighted by molar-refractivity contribution is 7.91. The zero-order valence-corrected chi connectivity index (χ0v) is 10.5. The molecule has 0 N–H and O–H groups in total. The minimum absolute atomic E-state index is 0.276. The van der Waals surface area contributed by atoms with Crippen LogP contribution in [0.25, 0.3) is 0 Å². The Balaban J connectivity index is 2.29. The predicted octanol–water partition coefficient (Wildman–Crippen LogP) is 1.65. The fourth-order valence-electron chi connectivity index (χ4n) is 1.76. The van der Waals surface area contributed by atoms with Gasteiger partial charge >= 0.3 is 0 Å². The van der Waals surface area contributed by atoms with Crippen LogP contribution in [0.1, 0.15) is 18.2 Å². The molecule has 1 aliphatic rings. The summed E-state index contributed by atoms with van der Waals surface area (Å²) in [7, 11) is -3.36. The third-order valence-corrected chi connectivity index (χ3v) is 5.99. The minimum Gasteiger partial charge on any atom is -0.206 e. The minimum atomic E-state index is -3.36. The van der Waals surface area contributed by atoms with Crippen LogP contribution in [0, 0.1) is 17.2 Å². The summed E-state index contributed by atoms with van der Waals surface area (Å²) in [6, 6.07) is 5.02. The van der Waals surface area contributed by atoms with Crippen molar-refractivity contribution in [1.82, 2.24) is 4.31 Å². The molecule has 1 saturated heterocycles. The van der Waals surface area contributed by atoms with Gasteiger partial charge in [0.25, 0.3) is 10.0 Å². The normalized spacial score (nSPS) is 22.1. The topological polar surface area (TPSA) is 61.2 Å². The van der Waals surface area contributed by atoms with E-state index in [4.69, 9.17) is 5.26 Å². The van der Waals surface area contributed by atoms with Gasteiger partial charge in [0.15, 0.2) is 0 Å². The standard InChI is InChI=1S/C10H12N2O2S2/c1-8-4-5-12(7-8)16(13,14)10-3-2-9(6-11)15-10/h2-3,8H,4-5,7H2,1H3. The summed E-state index contributed by atoms with van der Waals surface area (Å²) in [5.74, 6) is 0.421. The molecule has 0 aromatic carbocycles. The Labute approximate surface area is 99.2 Å². The van der Waals surface area contributed by atoms with Crippen molar-refractivity contribution in [3.63, 3.8) is 0 Å². The van der Waals surface area contributed by atoms with Gasteiger partial charge in [0.2, 0.25) is 0 Å². The van der Waals surface area contributed by atoms with E-state index in [0.717, 1.165) is 17.8 Å². The summed E-state index contributed by atoms with van der Waals surface area (Å²) in [5.41, 5.74) is 0. The zero-order chi connectivity index (χ0) is 11.8. The van der Waals surface area contributed by atoms with Crippen LogP contribution in [0.2, 0.25) is 0 Å². The first-order valence-corrected chi connectivity index (χ1v) is 7.30. The Hall–Kier alpha value is -0.900. The van der Waals surface area contributed by atoms with Gasteiger partial charge in [-0.2, -0.15) is 9.57 Å². The molecule has 0 bridgehead atoms. The molecule has 6 heteroatoms. The molecule has 2 heterocycles. The second kappa shape index (κ2) is 4.17. The second-order valence-electron chi connectivity index (χ2n) is 3.99. The first-order valence-electron chi connectivity index (χ1n) is 5.04. The lowest BCUT2D eigenvalue weighted by Crippen LogP contribution is -2.27. The van der Waals surface area contributed by atoms with E-state index < -0.39 is 10.0 Å². The molecule has 0 radical (unpaired) electrons. The van der Waals surface area contributed by atoms with Gasteiger partial charge < -0.3 is 0 Å². The number of hydrogen-bond acceptors (Lipinski definition) is 4. The Morgan fingerprint density at radius 2 is 2.31 bits per heavy atom. The lowest BCUT2D eigenvalue weighted by Gasteiger charge is -2.14. The number of hydrogen-bond donors (Lipinski definition) is 0. The van der Waals surface area contributed by atoms with Gasteiger partial charge in [-0.3, -0.25) is 0 Å². The lowest BCUT2D eigenvalue weighted by atomic mass is 10.2. The average molecular weight is 256 g/mol. The van der Waals surface area contributed by atoms with Crippen molar-refractivity contribution in [1.29, 1.82) is 5.26 Å². The second-order valence-corrected chi connectivity index (χ2v) is 7.24. The molecule has 16 heavy (non-hydrogen) atoms. The Bertz CT molecular complexity index is 527. The molecule has 1 atom stereocenters. The van der Waals surface area contributed by atoms with Crippen molar-refractivity contribution < 1.29 is 8.42 Å². The molecule has 1 aromatic rings. The van der Waals surface area contributed by atoms with Gasteiger partial charge in [0.05, 0.1) is 0 Å². The van der Waals surface area contributed by atoms with Crippen molar-refractivity contribution >= 4 is 21.4 Å². The number of nitriles is 1. The van der Waals surface area contributed by atoms with Crippen LogP contribution in [0.5, 0.6) is 0 Å². The fourth-order valence-corrected chi connectivity index (χ4v) is 4.59. The maximum absolute atomic E-state index is 12.1. The van der Waals surface area contributed by atoms with Crippen LogP contribution in [0.3, 0.4) is 0 Å². The molecule has 4 nitrogen and oxygen atoms in total. The monoisotopic (exact) mass is 256 g/mol. The van der Waals surface area contributed by atoms with Crippen molar-refractivity contribution in [2.45, 2.75) is 17.6 Å². The van der Waals surface area contributed by atoms with Crippen molar-refractivity contribution in [3.05, 3.63) is 17.0 Å². The van der Waals surface area contributed by atoms with Crippen LogP contribution in [0.4, 0.5) is 0 Å². The molecule has 1 aliphatic heterocycles. The molecule has 0 amide bonds. The van der Waals surface area contributed by atoms with E-state index in [1.165, 1.54) is 10.4 Å². The number of rotatable bonds is 2. The number of nitrogens with zero attached hydrogens (tertiary/aromatic N) is 2. The molecule has 1 unspecified atom stereocenters. The van der Waals surface area contributed by atoms with Crippen molar-refractivity contribution in [2.75, 3.05) is 13.1 Å². The highest BCUT2D eigenvalue weighted by atomic mass is 32.2. The molecular weight excluding hydrogens is 244 g/mol. The van der Waals surface area contributed by atoms with E-state index in [-0.39, 0.29) is 4.21 Å². The summed E-state index contributed by atoms with van der Waals surface area (Å²) in [4.78, 5) is 0.436. The van der Waals surface area contributed by atoms with E-state index in [1.807, 2.05) is 13.0 Å². The summed E-state index contributed by atoms with van der Waals surface area (Å²) in [6.07, 6.45) is 0.912. The largest absolute Gasteiger partial charge is 0.252 e. The van der Waals surface area contributed by atoms with E-state index in [1.54, 1.807) is 6.07 Å². The Morgan fingerprint density at radius 3 is 2.81 bits per heavy atom. The Morgan fingerprint density at radius 1 is 1.56 bits per heavy atom. The van der Waals surface area contributed by atoms with Gasteiger partial charge in [-0.1, -0.05) is 6.92 Å². The van der Waals surface area contributed by atoms with Gasteiger partial charge in [-0.15, -0.1) is 11.3 Å². The molecule has 2 rings (SSSR count). The quantitative estimate of drug-likeness (QED) is 0.808. The third kappa shape index (κ3) is 1.98. The average Bonchev–Trinajstić information content (AvgIpc) is 2.85. The van der Waals surface area contributed by atoms with Crippen molar-refractivity contribution in [3.8, 4) is 6.07 Å². The number of thiophene rings is 1. The summed E-state index contributed by atoms with van der Waals surface area (Å²) in [6.45, 7) is 3.22. The van der Waals surface area contributed by atoms with Crippen molar-refractivity contribution in [2.24, 2.45) is 5.92 Å². The van der Waals surface area contributed by atoms with Crippen LogP contribution in [-0.2, 0) is 10.0 Å². The van der Waals surface area contributed by atoms with E-state index in [0.29, 0.717) is 23.9 Å². The lowest BCUT2D eigenvalue weighted by molar-refractivity contribution is 0.466. The molecule has 86 valence electrons. The zero-order valence-electron chi connectivity index (χ0n) is 8.88. The third-order valence-electron chi connectivity index (χ3n) is 2.67. The van der Waals surface area contributed by atoms with Gasteiger partial charge in [-0.05, 0) is 24.5 Å². The molecule has 0 saturated carbocycles. The summed E-state index contributed by atoms with van der Waals surface area (Å²) in [5, 5.41) is 8.68. The smallest absolute Gasteiger partial charge is 0.206 e.